The summed E-state index contributed by atoms with van der Waals surface area (Å²) in [5.41, 5.74) is 0.0927. The maximum absolute atomic E-state index is 11.5. The van der Waals surface area contributed by atoms with Crippen LogP contribution in [0.15, 0.2) is 0 Å². The molecule has 0 aromatic heterocycles. The third-order valence-corrected chi connectivity index (χ3v) is 10.3. The van der Waals surface area contributed by atoms with Crippen molar-refractivity contribution in [2.75, 3.05) is 0 Å². The van der Waals surface area contributed by atoms with E-state index in [1.54, 1.807) is 0 Å². The highest BCUT2D eigenvalue weighted by atomic mass is 16.4. The highest BCUT2D eigenvalue weighted by Gasteiger charge is 2.65. The molecule has 4 rings (SSSR count). The number of carbonyl (C=O) groups is 1. The highest BCUT2D eigenvalue weighted by Crippen LogP contribution is 2.68. The van der Waals surface area contributed by atoms with E-state index in [2.05, 4.69) is 20.8 Å². The molecular weight excluding hydrogens is 352 g/mol. The van der Waals surface area contributed by atoms with E-state index in [0.29, 0.717) is 41.9 Å². The molecule has 4 aliphatic rings. The summed E-state index contributed by atoms with van der Waals surface area (Å²) in [4.78, 5) is 11.1. The first-order chi connectivity index (χ1) is 13.2. The summed E-state index contributed by atoms with van der Waals surface area (Å²) in [5, 5.41) is 31.8. The van der Waals surface area contributed by atoms with Crippen LogP contribution in [0.5, 0.6) is 0 Å². The Morgan fingerprint density at radius 2 is 1.82 bits per heavy atom. The zero-order valence-electron chi connectivity index (χ0n) is 17.9. The Morgan fingerprint density at radius 1 is 1.07 bits per heavy atom. The van der Waals surface area contributed by atoms with Crippen molar-refractivity contribution in [2.24, 2.45) is 46.3 Å². The van der Waals surface area contributed by atoms with Crippen LogP contribution in [0.4, 0.5) is 0 Å². The molecule has 10 atom stereocenters. The van der Waals surface area contributed by atoms with Crippen molar-refractivity contribution in [3.05, 3.63) is 0 Å². The van der Waals surface area contributed by atoms with Crippen LogP contribution < -0.4 is 0 Å². The first-order valence-electron chi connectivity index (χ1n) is 11.8. The van der Waals surface area contributed by atoms with Crippen LogP contribution in [0.3, 0.4) is 0 Å². The van der Waals surface area contributed by atoms with E-state index in [9.17, 15) is 15.0 Å². The summed E-state index contributed by atoms with van der Waals surface area (Å²) in [6.45, 7) is 6.89. The average Bonchev–Trinajstić information content (AvgIpc) is 3.00. The lowest BCUT2D eigenvalue weighted by molar-refractivity contribution is -0.201. The number of carboxylic acids is 1. The molecule has 0 amide bonds. The summed E-state index contributed by atoms with van der Waals surface area (Å²) < 4.78 is 0. The molecule has 4 heteroatoms. The minimum atomic E-state index is -0.727. The molecule has 0 radical (unpaired) electrons. The largest absolute Gasteiger partial charge is 0.481 e. The van der Waals surface area contributed by atoms with Gasteiger partial charge in [0.15, 0.2) is 0 Å². The topological polar surface area (TPSA) is 77.8 Å². The van der Waals surface area contributed by atoms with Crippen LogP contribution in [0.25, 0.3) is 0 Å². The van der Waals surface area contributed by atoms with Gasteiger partial charge >= 0.3 is 5.97 Å². The fourth-order valence-electron chi connectivity index (χ4n) is 8.74. The van der Waals surface area contributed by atoms with Crippen molar-refractivity contribution in [3.8, 4) is 0 Å². The summed E-state index contributed by atoms with van der Waals surface area (Å²) in [6, 6.07) is 0. The fourth-order valence-corrected chi connectivity index (χ4v) is 8.74. The molecule has 4 aliphatic carbocycles. The second-order valence-electron chi connectivity index (χ2n) is 11.3. The number of fused-ring (bicyclic) bond motifs is 5. The SMILES string of the molecule is C[C@H](CCC(=O)O)[C@H]1CC[C@H]2[C@@H]3[C@H](O)C[C@@H]4CCCC[C@]4(C)[C@H]3C[C@@H](O)[C@]12C. The van der Waals surface area contributed by atoms with E-state index < -0.39 is 5.97 Å². The van der Waals surface area contributed by atoms with Crippen LogP contribution in [-0.2, 0) is 4.79 Å². The van der Waals surface area contributed by atoms with Gasteiger partial charge in [0.1, 0.15) is 0 Å². The molecule has 0 heterocycles. The average molecular weight is 393 g/mol. The second kappa shape index (κ2) is 7.27. The smallest absolute Gasteiger partial charge is 0.303 e. The fraction of sp³-hybridized carbons (Fsp3) is 0.958. The number of aliphatic hydroxyl groups excluding tert-OH is 2. The standard InChI is InChI=1S/C24H40O4/c1-14(7-10-21(27)28)16-8-9-17-22-18(13-20(26)24(16,17)3)23(2)11-5-4-6-15(23)12-19(22)25/h14-20,22,25-26H,4-13H2,1-3H3,(H,27,28)/t14-,15+,16-,17+,18+,19-,20-,22+,23+,24-/m1/s1. The lowest BCUT2D eigenvalue weighted by Gasteiger charge is -2.63. The van der Waals surface area contributed by atoms with Crippen LogP contribution >= 0.6 is 0 Å². The third-order valence-electron chi connectivity index (χ3n) is 10.3. The van der Waals surface area contributed by atoms with Crippen molar-refractivity contribution < 1.29 is 20.1 Å². The number of hydrogen-bond donors (Lipinski definition) is 3. The molecule has 4 fully saturated rings. The molecule has 4 nitrogen and oxygen atoms in total. The number of aliphatic hydroxyl groups is 2. The van der Waals surface area contributed by atoms with E-state index in [1.807, 2.05) is 0 Å². The van der Waals surface area contributed by atoms with Gasteiger partial charge in [0.25, 0.3) is 0 Å². The second-order valence-corrected chi connectivity index (χ2v) is 11.3. The Balaban J connectivity index is 1.61. The molecule has 4 saturated carbocycles. The Morgan fingerprint density at radius 3 is 2.54 bits per heavy atom. The lowest BCUT2D eigenvalue weighted by atomic mass is 9.43. The Labute approximate surface area is 170 Å². The van der Waals surface area contributed by atoms with Crippen LogP contribution in [0.2, 0.25) is 0 Å². The molecule has 0 aromatic rings. The van der Waals surface area contributed by atoms with E-state index in [4.69, 9.17) is 5.11 Å². The van der Waals surface area contributed by atoms with Crippen LogP contribution in [-0.4, -0.2) is 33.5 Å². The molecule has 0 aromatic carbocycles. The van der Waals surface area contributed by atoms with Crippen molar-refractivity contribution in [2.45, 2.75) is 97.2 Å². The third kappa shape index (κ3) is 2.96. The highest BCUT2D eigenvalue weighted by molar-refractivity contribution is 5.66. The monoisotopic (exact) mass is 392 g/mol. The predicted molar refractivity (Wildman–Crippen MR) is 109 cm³/mol. The molecule has 160 valence electrons. The van der Waals surface area contributed by atoms with Gasteiger partial charge in [-0.1, -0.05) is 33.6 Å². The molecule has 3 N–H and O–H groups in total. The predicted octanol–water partition coefficient (Wildman–Crippen LogP) is 4.48. The molecule has 0 saturated heterocycles. The number of aliphatic carboxylic acids is 1. The first-order valence-corrected chi connectivity index (χ1v) is 11.8. The molecular formula is C24H40O4. The number of rotatable bonds is 4. The molecule has 0 aliphatic heterocycles. The molecule has 28 heavy (non-hydrogen) atoms. The summed E-state index contributed by atoms with van der Waals surface area (Å²) >= 11 is 0. The van der Waals surface area contributed by atoms with Crippen molar-refractivity contribution in [1.29, 1.82) is 0 Å². The van der Waals surface area contributed by atoms with Gasteiger partial charge in [-0.05, 0) is 91.3 Å². The molecule has 0 spiro atoms. The zero-order chi connectivity index (χ0) is 20.3. The molecule has 0 unspecified atom stereocenters. The van der Waals surface area contributed by atoms with Gasteiger partial charge in [-0.25, -0.2) is 0 Å². The van der Waals surface area contributed by atoms with E-state index in [0.717, 1.165) is 25.7 Å². The minimum absolute atomic E-state index is 0.183. The van der Waals surface area contributed by atoms with Gasteiger partial charge in [-0.2, -0.15) is 0 Å². The van der Waals surface area contributed by atoms with E-state index >= 15 is 0 Å². The van der Waals surface area contributed by atoms with Crippen LogP contribution in [0, 0.1) is 46.3 Å². The van der Waals surface area contributed by atoms with Gasteiger partial charge in [0.05, 0.1) is 12.2 Å². The van der Waals surface area contributed by atoms with Gasteiger partial charge in [-0.15, -0.1) is 0 Å². The zero-order valence-corrected chi connectivity index (χ0v) is 17.9. The van der Waals surface area contributed by atoms with Crippen LogP contribution in [0.1, 0.15) is 85.0 Å². The van der Waals surface area contributed by atoms with E-state index in [1.165, 1.54) is 25.7 Å². The maximum atomic E-state index is 11.5. The van der Waals surface area contributed by atoms with E-state index in [-0.39, 0.29) is 29.5 Å². The Bertz CT molecular complexity index is 605. The summed E-state index contributed by atoms with van der Waals surface area (Å²) in [5.74, 6) is 1.66. The quantitative estimate of drug-likeness (QED) is 0.659. The van der Waals surface area contributed by atoms with Crippen molar-refractivity contribution in [3.63, 3.8) is 0 Å². The van der Waals surface area contributed by atoms with Gasteiger partial charge < -0.3 is 15.3 Å². The summed E-state index contributed by atoms with van der Waals surface area (Å²) in [6.07, 6.45) is 9.32. The van der Waals surface area contributed by atoms with Gasteiger partial charge in [0, 0.05) is 6.42 Å². The molecule has 0 bridgehead atoms. The van der Waals surface area contributed by atoms with Gasteiger partial charge in [-0.3, -0.25) is 4.79 Å². The van der Waals surface area contributed by atoms with Crippen molar-refractivity contribution >= 4 is 5.97 Å². The Kier molecular flexibility index (Phi) is 5.36. The maximum Gasteiger partial charge on any atom is 0.303 e. The first kappa shape index (κ1) is 20.7. The van der Waals surface area contributed by atoms with Crippen molar-refractivity contribution in [1.82, 2.24) is 0 Å². The van der Waals surface area contributed by atoms with Gasteiger partial charge in [0.2, 0.25) is 0 Å². The number of carboxylic acid groups (broad SMARTS) is 1. The minimum Gasteiger partial charge on any atom is -0.481 e. The summed E-state index contributed by atoms with van der Waals surface area (Å²) in [7, 11) is 0. The Hall–Kier alpha value is -0.610. The normalized spacial score (nSPS) is 51.7. The lowest BCUT2D eigenvalue weighted by Crippen LogP contribution is -2.61. The number of hydrogen-bond acceptors (Lipinski definition) is 3.